The van der Waals surface area contributed by atoms with Gasteiger partial charge in [0.05, 0.1) is 5.75 Å². The summed E-state index contributed by atoms with van der Waals surface area (Å²) in [5, 5.41) is 0. The normalized spacial score (nSPS) is 15.6. The Morgan fingerprint density at radius 2 is 1.90 bits per heavy atom. The van der Waals surface area contributed by atoms with Crippen LogP contribution in [0.25, 0.3) is 0 Å². The van der Waals surface area contributed by atoms with Crippen LogP contribution in [0.4, 0.5) is 0 Å². The van der Waals surface area contributed by atoms with Crippen molar-refractivity contribution in [3.63, 3.8) is 0 Å². The first kappa shape index (κ1) is 10.1. The highest BCUT2D eigenvalue weighted by atomic mass is 33.2. The van der Waals surface area contributed by atoms with E-state index in [9.17, 15) is 12.6 Å². The van der Waals surface area contributed by atoms with Crippen LogP contribution in [0.1, 0.15) is 13.8 Å². The highest BCUT2D eigenvalue weighted by molar-refractivity contribution is 8.62. The number of hydrogen-bond acceptors (Lipinski definition) is 3. The van der Waals surface area contributed by atoms with E-state index < -0.39 is 19.0 Å². The molecule has 0 bridgehead atoms. The minimum atomic E-state index is -3.77. The standard InChI is InChI=1S/C4H10O4S2/c1-4(2)3-10(7,8)9(5)6/h4H,3H2,1-2H3,(H,5,6). The van der Waals surface area contributed by atoms with E-state index in [1.54, 1.807) is 13.8 Å². The van der Waals surface area contributed by atoms with Crippen LogP contribution in [0, 0.1) is 5.92 Å². The fourth-order valence-corrected chi connectivity index (χ4v) is 2.57. The van der Waals surface area contributed by atoms with Gasteiger partial charge in [0, 0.05) is 0 Å². The van der Waals surface area contributed by atoms with Crippen LogP contribution in [-0.4, -0.2) is 22.9 Å². The molecule has 0 aliphatic rings. The Balaban J connectivity index is 4.31. The maximum absolute atomic E-state index is 10.6. The molecule has 10 heavy (non-hydrogen) atoms. The average Bonchev–Trinajstić information content (AvgIpc) is 1.60. The van der Waals surface area contributed by atoms with Crippen molar-refractivity contribution in [1.82, 2.24) is 0 Å². The monoisotopic (exact) mass is 186 g/mol. The lowest BCUT2D eigenvalue weighted by atomic mass is 10.3. The van der Waals surface area contributed by atoms with Gasteiger partial charge in [0.25, 0.3) is 19.0 Å². The Labute approximate surface area is 62.2 Å². The van der Waals surface area contributed by atoms with Crippen molar-refractivity contribution in [2.75, 3.05) is 5.75 Å². The molecular formula is C4H10O4S2. The van der Waals surface area contributed by atoms with Crippen LogP contribution in [-0.2, 0) is 19.0 Å². The van der Waals surface area contributed by atoms with Crippen molar-refractivity contribution in [2.45, 2.75) is 13.8 Å². The quantitative estimate of drug-likeness (QED) is 0.504. The van der Waals surface area contributed by atoms with E-state index in [1.165, 1.54) is 0 Å². The van der Waals surface area contributed by atoms with Crippen molar-refractivity contribution in [3.8, 4) is 0 Å². The molecule has 0 aliphatic carbocycles. The Bertz CT molecular complexity index is 215. The molecule has 62 valence electrons. The van der Waals surface area contributed by atoms with Gasteiger partial charge in [-0.2, -0.15) is 0 Å². The lowest BCUT2D eigenvalue weighted by molar-refractivity contribution is 0.557. The Kier molecular flexibility index (Phi) is 3.47. The van der Waals surface area contributed by atoms with Crippen LogP contribution in [0.15, 0.2) is 0 Å². The molecule has 4 nitrogen and oxygen atoms in total. The molecule has 0 heterocycles. The zero-order valence-corrected chi connectivity index (χ0v) is 7.41. The van der Waals surface area contributed by atoms with E-state index in [-0.39, 0.29) is 11.7 Å². The fraction of sp³-hybridized carbons (Fsp3) is 1.00. The van der Waals surface area contributed by atoms with Crippen molar-refractivity contribution < 1.29 is 17.2 Å². The largest absolute Gasteiger partial charge is 0.294 e. The van der Waals surface area contributed by atoms with Gasteiger partial charge in [-0.25, -0.2) is 12.6 Å². The lowest BCUT2D eigenvalue weighted by Crippen LogP contribution is -2.15. The van der Waals surface area contributed by atoms with Gasteiger partial charge < -0.3 is 0 Å². The van der Waals surface area contributed by atoms with Gasteiger partial charge in [-0.1, -0.05) is 13.8 Å². The van der Waals surface area contributed by atoms with E-state index in [1.807, 2.05) is 0 Å². The number of hydrogen-bond donors (Lipinski definition) is 1. The molecule has 1 N–H and O–H groups in total. The zero-order valence-electron chi connectivity index (χ0n) is 5.77. The van der Waals surface area contributed by atoms with Crippen molar-refractivity contribution in [2.24, 2.45) is 5.92 Å². The van der Waals surface area contributed by atoms with Crippen molar-refractivity contribution in [3.05, 3.63) is 0 Å². The smallest absolute Gasteiger partial charge is 0.274 e. The molecule has 6 heteroatoms. The Morgan fingerprint density at radius 1 is 1.50 bits per heavy atom. The summed E-state index contributed by atoms with van der Waals surface area (Å²) in [6.07, 6.45) is 0. The van der Waals surface area contributed by atoms with Gasteiger partial charge in [-0.15, -0.1) is 0 Å². The van der Waals surface area contributed by atoms with Crippen molar-refractivity contribution in [1.29, 1.82) is 0 Å². The van der Waals surface area contributed by atoms with E-state index >= 15 is 0 Å². The summed E-state index contributed by atoms with van der Waals surface area (Å²) < 4.78 is 39.5. The summed E-state index contributed by atoms with van der Waals surface area (Å²) in [5.74, 6) is -0.350. The highest BCUT2D eigenvalue weighted by Gasteiger charge is 2.19. The van der Waals surface area contributed by atoms with Gasteiger partial charge in [0.15, 0.2) is 0 Å². The molecule has 0 amide bonds. The molecule has 0 aromatic rings. The van der Waals surface area contributed by atoms with Crippen LogP contribution < -0.4 is 0 Å². The molecule has 0 spiro atoms. The Hall–Kier alpha value is 0.0600. The molecule has 0 radical (unpaired) electrons. The minimum absolute atomic E-state index is 0.110. The average molecular weight is 186 g/mol. The van der Waals surface area contributed by atoms with E-state index in [0.29, 0.717) is 0 Å². The second-order valence-corrected chi connectivity index (χ2v) is 6.60. The second-order valence-electron chi connectivity index (χ2n) is 2.34. The maximum Gasteiger partial charge on any atom is 0.274 e. The topological polar surface area (TPSA) is 71.4 Å². The van der Waals surface area contributed by atoms with Crippen LogP contribution in [0.3, 0.4) is 0 Å². The molecule has 0 saturated carbocycles. The summed E-state index contributed by atoms with van der Waals surface area (Å²) >= 11 is 0. The third-order valence-corrected chi connectivity index (χ3v) is 3.98. The first-order valence-corrected chi connectivity index (χ1v) is 5.98. The lowest BCUT2D eigenvalue weighted by Gasteiger charge is -2.00. The molecule has 0 fully saturated rings. The Morgan fingerprint density at radius 3 is 2.00 bits per heavy atom. The first-order chi connectivity index (χ1) is 4.36. The molecule has 0 aliphatic heterocycles. The summed E-state index contributed by atoms with van der Waals surface area (Å²) in [6.45, 7) is 3.34. The molecular weight excluding hydrogens is 176 g/mol. The maximum atomic E-state index is 10.6. The summed E-state index contributed by atoms with van der Waals surface area (Å²) in [6, 6.07) is 0. The predicted octanol–water partition coefficient (Wildman–Crippen LogP) is 0.194. The summed E-state index contributed by atoms with van der Waals surface area (Å²) in [4.78, 5) is 0. The van der Waals surface area contributed by atoms with Gasteiger partial charge in [-0.3, -0.25) is 4.55 Å². The molecule has 0 saturated heterocycles. The van der Waals surface area contributed by atoms with Gasteiger partial charge in [-0.05, 0) is 5.92 Å². The molecule has 0 rings (SSSR count). The zero-order chi connectivity index (χ0) is 8.36. The fourth-order valence-electron chi connectivity index (χ4n) is 0.466. The molecule has 0 aromatic carbocycles. The molecule has 1 unspecified atom stereocenters. The van der Waals surface area contributed by atoms with Crippen LogP contribution in [0.5, 0.6) is 0 Å². The number of rotatable bonds is 3. The summed E-state index contributed by atoms with van der Waals surface area (Å²) in [7, 11) is -6.49. The van der Waals surface area contributed by atoms with E-state index in [2.05, 4.69) is 0 Å². The molecule has 1 atom stereocenters. The highest BCUT2D eigenvalue weighted by Crippen LogP contribution is 2.02. The predicted molar refractivity (Wildman–Crippen MR) is 39.4 cm³/mol. The minimum Gasteiger partial charge on any atom is -0.294 e. The van der Waals surface area contributed by atoms with Gasteiger partial charge in [0.2, 0.25) is 0 Å². The third kappa shape index (κ3) is 3.28. The van der Waals surface area contributed by atoms with Crippen molar-refractivity contribution >= 4 is 19.0 Å². The van der Waals surface area contributed by atoms with Gasteiger partial charge in [0.1, 0.15) is 0 Å². The van der Waals surface area contributed by atoms with E-state index in [0.717, 1.165) is 0 Å². The summed E-state index contributed by atoms with van der Waals surface area (Å²) in [5.41, 5.74) is 0. The first-order valence-electron chi connectivity index (χ1n) is 2.70. The SMILES string of the molecule is CC(C)CS(=O)(=O)S(=O)O. The van der Waals surface area contributed by atoms with Gasteiger partial charge >= 0.3 is 0 Å². The van der Waals surface area contributed by atoms with Crippen LogP contribution in [0.2, 0.25) is 0 Å². The van der Waals surface area contributed by atoms with E-state index in [4.69, 9.17) is 4.55 Å². The second kappa shape index (κ2) is 3.45. The third-order valence-electron chi connectivity index (χ3n) is 0.755. The molecule has 0 aromatic heterocycles. The van der Waals surface area contributed by atoms with Crippen LogP contribution >= 0.6 is 0 Å².